The molecule has 2 aromatic rings. The highest BCUT2D eigenvalue weighted by atomic mass is 32.2. The fraction of sp³-hybridized carbons (Fsp3) is 0.263. The van der Waals surface area contributed by atoms with Gasteiger partial charge in [0.1, 0.15) is 29.6 Å². The summed E-state index contributed by atoms with van der Waals surface area (Å²) in [5.41, 5.74) is 0. The van der Waals surface area contributed by atoms with Crippen LogP contribution in [0.3, 0.4) is 0 Å². The molecule has 0 spiro atoms. The lowest BCUT2D eigenvalue weighted by atomic mass is 10.3. The van der Waals surface area contributed by atoms with Gasteiger partial charge in [-0.15, -0.1) is 23.5 Å². The Kier molecular flexibility index (Phi) is 9.80. The van der Waals surface area contributed by atoms with Crippen molar-refractivity contribution in [2.45, 2.75) is 9.79 Å². The smallest absolute Gasteiger partial charge is 0.136 e. The zero-order valence-corrected chi connectivity index (χ0v) is 16.6. The fourth-order valence-electron chi connectivity index (χ4n) is 1.89. The van der Waals surface area contributed by atoms with Crippen LogP contribution < -0.4 is 14.2 Å². The summed E-state index contributed by atoms with van der Waals surface area (Å²) >= 11 is 3.24. The summed E-state index contributed by atoms with van der Waals surface area (Å²) in [6.45, 7) is 4.11. The molecule has 0 aliphatic heterocycles. The van der Waals surface area contributed by atoms with Crippen LogP contribution in [0, 0.1) is 0 Å². The van der Waals surface area contributed by atoms with Gasteiger partial charge >= 0.3 is 0 Å². The molecule has 0 fully saturated rings. The normalized spacial score (nSPS) is 9.60. The van der Waals surface area contributed by atoms with Gasteiger partial charge in [0.2, 0.25) is 0 Å². The molecule has 6 heteroatoms. The fourth-order valence-corrected chi connectivity index (χ4v) is 2.98. The van der Waals surface area contributed by atoms with Crippen molar-refractivity contribution in [3.05, 3.63) is 49.1 Å². The van der Waals surface area contributed by atoms with Gasteiger partial charge in [-0.05, 0) is 36.8 Å². The molecular formula is C19H24O4S2. The Morgan fingerprint density at radius 2 is 1.52 bits per heavy atom. The third kappa shape index (κ3) is 6.84. The van der Waals surface area contributed by atoms with Gasteiger partial charge in [0.05, 0.1) is 14.2 Å². The summed E-state index contributed by atoms with van der Waals surface area (Å²) < 4.78 is 15.7. The second-order valence-electron chi connectivity index (χ2n) is 4.66. The molecule has 136 valence electrons. The molecule has 0 amide bonds. The van der Waals surface area contributed by atoms with E-state index in [2.05, 4.69) is 6.58 Å². The van der Waals surface area contributed by atoms with Crippen molar-refractivity contribution in [3.63, 3.8) is 0 Å². The number of methoxy groups -OCH3 is 2. The van der Waals surface area contributed by atoms with Crippen LogP contribution in [0.15, 0.2) is 58.8 Å². The van der Waals surface area contributed by atoms with E-state index in [0.717, 1.165) is 27.0 Å². The van der Waals surface area contributed by atoms with E-state index in [1.807, 2.05) is 36.8 Å². The summed E-state index contributed by atoms with van der Waals surface area (Å²) in [5.74, 6) is 2.61. The van der Waals surface area contributed by atoms with E-state index in [1.165, 1.54) is 0 Å². The highest BCUT2D eigenvalue weighted by Crippen LogP contribution is 2.31. The van der Waals surface area contributed by atoms with Gasteiger partial charge in [0, 0.05) is 21.9 Å². The number of thioether (sulfide) groups is 2. The van der Waals surface area contributed by atoms with Gasteiger partial charge in [-0.1, -0.05) is 12.7 Å². The molecule has 0 saturated heterocycles. The summed E-state index contributed by atoms with van der Waals surface area (Å²) in [6.07, 6.45) is 5.70. The van der Waals surface area contributed by atoms with Crippen LogP contribution in [-0.4, -0.2) is 38.4 Å². The monoisotopic (exact) mass is 380 g/mol. The highest BCUT2D eigenvalue weighted by molar-refractivity contribution is 7.99. The van der Waals surface area contributed by atoms with Crippen molar-refractivity contribution in [1.82, 2.24) is 0 Å². The van der Waals surface area contributed by atoms with E-state index in [-0.39, 0.29) is 5.75 Å². The third-order valence-electron chi connectivity index (χ3n) is 3.09. The molecule has 2 rings (SSSR count). The van der Waals surface area contributed by atoms with Crippen LogP contribution >= 0.6 is 23.5 Å². The number of rotatable bonds is 7. The first kappa shape index (κ1) is 21.1. The Labute approximate surface area is 158 Å². The first-order valence-electron chi connectivity index (χ1n) is 7.46. The lowest BCUT2D eigenvalue weighted by molar-refractivity contribution is 0.355. The van der Waals surface area contributed by atoms with Crippen LogP contribution in [0.5, 0.6) is 23.0 Å². The zero-order chi connectivity index (χ0) is 18.7. The summed E-state index contributed by atoms with van der Waals surface area (Å²) in [4.78, 5) is 2.14. The Morgan fingerprint density at radius 1 is 0.960 bits per heavy atom. The van der Waals surface area contributed by atoms with Crippen LogP contribution in [0.2, 0.25) is 0 Å². The number of benzene rings is 2. The van der Waals surface area contributed by atoms with Crippen molar-refractivity contribution in [2.75, 3.05) is 33.3 Å². The van der Waals surface area contributed by atoms with Crippen molar-refractivity contribution in [3.8, 4) is 23.0 Å². The molecule has 0 atom stereocenters. The molecule has 1 N–H and O–H groups in total. The molecule has 0 unspecified atom stereocenters. The number of hydrogen-bond acceptors (Lipinski definition) is 6. The van der Waals surface area contributed by atoms with Crippen molar-refractivity contribution < 1.29 is 19.3 Å². The lowest BCUT2D eigenvalue weighted by Crippen LogP contribution is -1.94. The Hall–Kier alpha value is -1.92. The molecule has 0 heterocycles. The van der Waals surface area contributed by atoms with Crippen LogP contribution in [-0.2, 0) is 0 Å². The van der Waals surface area contributed by atoms with Crippen molar-refractivity contribution in [1.29, 1.82) is 0 Å². The molecular weight excluding hydrogens is 356 g/mol. The van der Waals surface area contributed by atoms with Crippen molar-refractivity contribution in [2.24, 2.45) is 0 Å². The summed E-state index contributed by atoms with van der Waals surface area (Å²) in [7, 11) is 3.25. The second kappa shape index (κ2) is 11.6. The van der Waals surface area contributed by atoms with Crippen molar-refractivity contribution >= 4 is 23.5 Å². The number of ether oxygens (including phenoxy) is 3. The molecule has 0 radical (unpaired) electrons. The van der Waals surface area contributed by atoms with Gasteiger partial charge < -0.3 is 19.3 Å². The van der Waals surface area contributed by atoms with Crippen LogP contribution in [0.25, 0.3) is 0 Å². The standard InChI is InChI=1S/C11H14O2S.C8H10O2S/c1-4-7-13-9-5-6-11(14-3)10(8-9)12-2;1-10-7-5-6(9)3-4-8(7)11-2/h4-6,8H,1,7H2,2-3H3;3-5,9H,1-2H3. The molecule has 0 aliphatic rings. The maximum absolute atomic E-state index is 9.07. The van der Waals surface area contributed by atoms with Crippen LogP contribution in [0.4, 0.5) is 0 Å². The molecule has 25 heavy (non-hydrogen) atoms. The largest absolute Gasteiger partial charge is 0.508 e. The minimum atomic E-state index is 0.236. The second-order valence-corrected chi connectivity index (χ2v) is 6.35. The van der Waals surface area contributed by atoms with E-state index in [0.29, 0.717) is 6.61 Å². The summed E-state index contributed by atoms with van der Waals surface area (Å²) in [5, 5.41) is 9.07. The first-order valence-corrected chi connectivity index (χ1v) is 9.91. The van der Waals surface area contributed by atoms with E-state index >= 15 is 0 Å². The first-order chi connectivity index (χ1) is 12.1. The van der Waals surface area contributed by atoms with E-state index in [4.69, 9.17) is 19.3 Å². The maximum Gasteiger partial charge on any atom is 0.136 e. The average molecular weight is 381 g/mol. The number of hydrogen-bond donors (Lipinski definition) is 1. The molecule has 2 aromatic carbocycles. The van der Waals surface area contributed by atoms with Gasteiger partial charge in [-0.25, -0.2) is 0 Å². The molecule has 0 aliphatic carbocycles. The zero-order valence-electron chi connectivity index (χ0n) is 14.9. The topological polar surface area (TPSA) is 47.9 Å². The van der Waals surface area contributed by atoms with E-state index in [9.17, 15) is 0 Å². The summed E-state index contributed by atoms with van der Waals surface area (Å²) in [6, 6.07) is 10.9. The van der Waals surface area contributed by atoms with E-state index < -0.39 is 0 Å². The number of aromatic hydroxyl groups is 1. The van der Waals surface area contributed by atoms with Crippen LogP contribution in [0.1, 0.15) is 0 Å². The minimum absolute atomic E-state index is 0.236. The molecule has 0 bridgehead atoms. The average Bonchev–Trinajstić information content (AvgIpc) is 2.66. The number of phenolic OH excluding ortho intramolecular Hbond substituents is 1. The predicted molar refractivity (Wildman–Crippen MR) is 107 cm³/mol. The lowest BCUT2D eigenvalue weighted by Gasteiger charge is -2.08. The van der Waals surface area contributed by atoms with Gasteiger partial charge in [0.25, 0.3) is 0 Å². The SMILES string of the molecule is C=CCOc1ccc(SC)c(OC)c1.COc1cc(O)ccc1SC. The molecule has 4 nitrogen and oxygen atoms in total. The third-order valence-corrected chi connectivity index (χ3v) is 4.64. The van der Waals surface area contributed by atoms with Gasteiger partial charge in [-0.2, -0.15) is 0 Å². The van der Waals surface area contributed by atoms with Gasteiger partial charge in [0.15, 0.2) is 0 Å². The maximum atomic E-state index is 9.07. The van der Waals surface area contributed by atoms with E-state index in [1.54, 1.807) is 56.0 Å². The molecule has 0 saturated carbocycles. The Balaban J connectivity index is 0.000000257. The minimum Gasteiger partial charge on any atom is -0.508 e. The highest BCUT2D eigenvalue weighted by Gasteiger charge is 2.03. The number of phenols is 1. The van der Waals surface area contributed by atoms with Gasteiger partial charge in [-0.3, -0.25) is 0 Å². The predicted octanol–water partition coefficient (Wildman–Crippen LogP) is 5.10. The Bertz CT molecular complexity index is 674. The molecule has 0 aromatic heterocycles. The quantitative estimate of drug-likeness (QED) is 0.532. The Morgan fingerprint density at radius 3 is 2.04 bits per heavy atom.